The van der Waals surface area contributed by atoms with Gasteiger partial charge >= 0.3 is 0 Å². The third kappa shape index (κ3) is 3.35. The minimum atomic E-state index is -0.901. The van der Waals surface area contributed by atoms with Crippen molar-refractivity contribution < 1.29 is 14.3 Å². The number of aliphatic hydroxyl groups is 1. The van der Waals surface area contributed by atoms with Crippen LogP contribution in [0.4, 0.5) is 0 Å². The fraction of sp³-hybridized carbons (Fsp3) is 0.364. The molecule has 3 heterocycles. The highest BCUT2D eigenvalue weighted by Gasteiger charge is 2.35. The van der Waals surface area contributed by atoms with E-state index in [-0.39, 0.29) is 5.91 Å². The summed E-state index contributed by atoms with van der Waals surface area (Å²) in [6, 6.07) is 7.84. The first-order valence-corrected chi connectivity index (χ1v) is 9.34. The van der Waals surface area contributed by atoms with Crippen LogP contribution < -0.4 is 0 Å². The zero-order chi connectivity index (χ0) is 19.0. The lowest BCUT2D eigenvalue weighted by molar-refractivity contribution is -0.135. The van der Waals surface area contributed by atoms with Gasteiger partial charge in [0.05, 0.1) is 18.3 Å². The van der Waals surface area contributed by atoms with Gasteiger partial charge < -0.3 is 14.4 Å². The molecule has 0 atom stereocenters. The third-order valence-corrected chi connectivity index (χ3v) is 5.58. The SMILES string of the molecule is Cc1cc(C)c2c(CC(=O)N3CCC(O)(c4cccnc4)CC3)coc2c1. The van der Waals surface area contributed by atoms with Crippen molar-refractivity contribution in [3.05, 3.63) is 65.2 Å². The number of likely N-dealkylation sites (tertiary alicyclic amines) is 1. The van der Waals surface area contributed by atoms with Gasteiger partial charge in [-0.25, -0.2) is 0 Å². The van der Waals surface area contributed by atoms with Crippen molar-refractivity contribution in [3.8, 4) is 0 Å². The predicted octanol–water partition coefficient (Wildman–Crippen LogP) is 3.50. The summed E-state index contributed by atoms with van der Waals surface area (Å²) >= 11 is 0. The molecule has 4 rings (SSSR count). The highest BCUT2D eigenvalue weighted by atomic mass is 16.3. The number of aromatic nitrogens is 1. The van der Waals surface area contributed by atoms with Crippen molar-refractivity contribution in [3.63, 3.8) is 0 Å². The average Bonchev–Trinajstić information content (AvgIpc) is 3.05. The number of benzene rings is 1. The molecule has 0 spiro atoms. The van der Waals surface area contributed by atoms with Crippen molar-refractivity contribution in [2.45, 2.75) is 38.7 Å². The Bertz CT molecular complexity index is 970. The largest absolute Gasteiger partial charge is 0.464 e. The Labute approximate surface area is 158 Å². The zero-order valence-corrected chi connectivity index (χ0v) is 15.7. The lowest BCUT2D eigenvalue weighted by atomic mass is 9.85. The number of fused-ring (bicyclic) bond motifs is 1. The van der Waals surface area contributed by atoms with Crippen LogP contribution >= 0.6 is 0 Å². The number of aryl methyl sites for hydroxylation is 2. The Morgan fingerprint density at radius 2 is 2.07 bits per heavy atom. The van der Waals surface area contributed by atoms with E-state index in [4.69, 9.17) is 4.42 Å². The van der Waals surface area contributed by atoms with Crippen molar-refractivity contribution >= 4 is 16.9 Å². The second-order valence-corrected chi connectivity index (χ2v) is 7.55. The second-order valence-electron chi connectivity index (χ2n) is 7.55. The van der Waals surface area contributed by atoms with Crippen molar-refractivity contribution in [1.29, 1.82) is 0 Å². The normalized spacial score (nSPS) is 16.6. The molecule has 140 valence electrons. The number of furan rings is 1. The van der Waals surface area contributed by atoms with Crippen LogP contribution in [-0.4, -0.2) is 34.0 Å². The Balaban J connectivity index is 1.46. The molecule has 0 unspecified atom stereocenters. The minimum absolute atomic E-state index is 0.0749. The number of carbonyl (C=O) groups excluding carboxylic acids is 1. The molecule has 0 radical (unpaired) electrons. The van der Waals surface area contributed by atoms with E-state index in [1.807, 2.05) is 36.9 Å². The van der Waals surface area contributed by atoms with E-state index >= 15 is 0 Å². The maximum atomic E-state index is 12.8. The van der Waals surface area contributed by atoms with E-state index < -0.39 is 5.60 Å². The number of rotatable bonds is 3. The number of nitrogens with zero attached hydrogens (tertiary/aromatic N) is 2. The molecule has 0 saturated carbocycles. The molecule has 1 N–H and O–H groups in total. The molecule has 1 saturated heterocycles. The van der Waals surface area contributed by atoms with Gasteiger partial charge in [-0.1, -0.05) is 12.1 Å². The van der Waals surface area contributed by atoms with Crippen molar-refractivity contribution in [1.82, 2.24) is 9.88 Å². The van der Waals surface area contributed by atoms with Crippen molar-refractivity contribution in [2.24, 2.45) is 0 Å². The van der Waals surface area contributed by atoms with E-state index in [2.05, 4.69) is 11.1 Å². The van der Waals surface area contributed by atoms with Gasteiger partial charge in [-0.2, -0.15) is 0 Å². The zero-order valence-electron chi connectivity index (χ0n) is 15.7. The number of piperidine rings is 1. The number of amides is 1. The Hall–Kier alpha value is -2.66. The number of hydrogen-bond acceptors (Lipinski definition) is 4. The monoisotopic (exact) mass is 364 g/mol. The molecular weight excluding hydrogens is 340 g/mol. The highest BCUT2D eigenvalue weighted by Crippen LogP contribution is 2.33. The summed E-state index contributed by atoms with van der Waals surface area (Å²) in [7, 11) is 0. The number of hydrogen-bond donors (Lipinski definition) is 1. The topological polar surface area (TPSA) is 66.6 Å². The Morgan fingerprint density at radius 3 is 2.78 bits per heavy atom. The van der Waals surface area contributed by atoms with Crippen LogP contribution in [-0.2, 0) is 16.8 Å². The maximum absolute atomic E-state index is 12.8. The molecule has 3 aromatic rings. The molecule has 1 aliphatic heterocycles. The van der Waals surface area contributed by atoms with Gasteiger partial charge in [0, 0.05) is 42.0 Å². The minimum Gasteiger partial charge on any atom is -0.464 e. The standard InChI is InChI=1S/C22H24N2O3/c1-15-10-16(2)21-17(14-27-19(21)11-15)12-20(25)24-8-5-22(26,6-9-24)18-4-3-7-23-13-18/h3-4,7,10-11,13-14,26H,5-6,8-9,12H2,1-2H3. The van der Waals surface area contributed by atoms with Crippen LogP contribution in [0.15, 0.2) is 47.3 Å². The van der Waals surface area contributed by atoms with Crippen LogP contribution in [0.1, 0.15) is 35.1 Å². The van der Waals surface area contributed by atoms with E-state index in [1.165, 1.54) is 0 Å². The predicted molar refractivity (Wildman–Crippen MR) is 103 cm³/mol. The Morgan fingerprint density at radius 1 is 1.30 bits per heavy atom. The van der Waals surface area contributed by atoms with Crippen LogP contribution in [0.3, 0.4) is 0 Å². The second kappa shape index (κ2) is 6.82. The summed E-state index contributed by atoms with van der Waals surface area (Å²) in [4.78, 5) is 18.8. The lowest BCUT2D eigenvalue weighted by Gasteiger charge is -2.38. The lowest BCUT2D eigenvalue weighted by Crippen LogP contribution is -2.45. The first-order valence-electron chi connectivity index (χ1n) is 9.34. The summed E-state index contributed by atoms with van der Waals surface area (Å²) in [6.45, 7) is 5.17. The van der Waals surface area contributed by atoms with Gasteiger partial charge in [-0.15, -0.1) is 0 Å². The molecule has 2 aromatic heterocycles. The molecule has 1 amide bonds. The average molecular weight is 364 g/mol. The smallest absolute Gasteiger partial charge is 0.227 e. The summed E-state index contributed by atoms with van der Waals surface area (Å²) in [6.07, 6.45) is 6.47. The van der Waals surface area contributed by atoms with Crippen LogP contribution in [0, 0.1) is 13.8 Å². The molecule has 5 nitrogen and oxygen atoms in total. The first kappa shape index (κ1) is 17.7. The van der Waals surface area contributed by atoms with Crippen LogP contribution in [0.25, 0.3) is 11.0 Å². The highest BCUT2D eigenvalue weighted by molar-refractivity contribution is 5.90. The van der Waals surface area contributed by atoms with Crippen LogP contribution in [0.5, 0.6) is 0 Å². The summed E-state index contributed by atoms with van der Waals surface area (Å²) < 4.78 is 5.67. The van der Waals surface area contributed by atoms with Gasteiger partial charge in [0.25, 0.3) is 0 Å². The quantitative estimate of drug-likeness (QED) is 0.772. The fourth-order valence-corrected chi connectivity index (χ4v) is 4.08. The summed E-state index contributed by atoms with van der Waals surface area (Å²) in [5.74, 6) is 0.0749. The first-order chi connectivity index (χ1) is 13.0. The van der Waals surface area contributed by atoms with Gasteiger partial charge in [-0.05, 0) is 49.9 Å². The summed E-state index contributed by atoms with van der Waals surface area (Å²) in [5, 5.41) is 11.9. The van der Waals surface area contributed by atoms with Gasteiger partial charge in [0.15, 0.2) is 0 Å². The van der Waals surface area contributed by atoms with Gasteiger partial charge in [0.1, 0.15) is 5.58 Å². The molecule has 1 aliphatic rings. The van der Waals surface area contributed by atoms with E-state index in [9.17, 15) is 9.90 Å². The number of pyridine rings is 1. The molecule has 0 bridgehead atoms. The Kier molecular flexibility index (Phi) is 4.48. The van der Waals surface area contributed by atoms with Gasteiger partial charge in [0.2, 0.25) is 5.91 Å². The molecule has 27 heavy (non-hydrogen) atoms. The number of carbonyl (C=O) groups is 1. The molecule has 0 aliphatic carbocycles. The van der Waals surface area contributed by atoms with Crippen LogP contribution in [0.2, 0.25) is 0 Å². The molecule has 1 aromatic carbocycles. The maximum Gasteiger partial charge on any atom is 0.227 e. The van der Waals surface area contributed by atoms with E-state index in [0.717, 1.165) is 33.2 Å². The molecule has 5 heteroatoms. The summed E-state index contributed by atoms with van der Waals surface area (Å²) in [5.41, 5.74) is 3.97. The third-order valence-electron chi connectivity index (χ3n) is 5.58. The molecular formula is C22H24N2O3. The fourth-order valence-electron chi connectivity index (χ4n) is 4.08. The molecule has 1 fully saturated rings. The van der Waals surface area contributed by atoms with Gasteiger partial charge in [-0.3, -0.25) is 9.78 Å². The van der Waals surface area contributed by atoms with Crippen molar-refractivity contribution in [2.75, 3.05) is 13.1 Å². The van der Waals surface area contributed by atoms with E-state index in [0.29, 0.717) is 32.4 Å². The van der Waals surface area contributed by atoms with E-state index in [1.54, 1.807) is 18.7 Å².